The van der Waals surface area contributed by atoms with Gasteiger partial charge in [0, 0.05) is 44.8 Å². The Hall–Kier alpha value is -2.08. The molecule has 4 rings (SSSR count). The van der Waals surface area contributed by atoms with Crippen molar-refractivity contribution in [3.05, 3.63) is 36.3 Å². The second-order valence-electron chi connectivity index (χ2n) is 5.93. The topological polar surface area (TPSA) is 52.9 Å². The number of imidazole rings is 1. The van der Waals surface area contributed by atoms with Crippen LogP contribution in [-0.4, -0.2) is 57.4 Å². The normalized spacial score (nSPS) is 26.1. The third-order valence-corrected chi connectivity index (χ3v) is 4.69. The van der Waals surface area contributed by atoms with Gasteiger partial charge in [-0.1, -0.05) is 6.07 Å². The van der Waals surface area contributed by atoms with Gasteiger partial charge in [0.05, 0.1) is 12.1 Å². The number of rotatable bonds is 2. The molecule has 6 heteroatoms. The molecule has 2 aromatic rings. The van der Waals surface area contributed by atoms with Crippen molar-refractivity contribution in [2.75, 3.05) is 20.1 Å². The molecule has 4 heterocycles. The highest BCUT2D eigenvalue weighted by atomic mass is 16.2. The molecule has 1 N–H and O–H groups in total. The maximum absolute atomic E-state index is 11.7. The lowest BCUT2D eigenvalue weighted by Crippen LogP contribution is -2.50. The average Bonchev–Trinajstić information content (AvgIpc) is 3.05. The fraction of sp³-hybridized carbons (Fsp3) is 0.467. The zero-order chi connectivity index (χ0) is 14.4. The van der Waals surface area contributed by atoms with Gasteiger partial charge in [-0.3, -0.25) is 4.90 Å². The Bertz CT molecular complexity index is 682. The third-order valence-electron chi connectivity index (χ3n) is 4.69. The highest BCUT2D eigenvalue weighted by Crippen LogP contribution is 2.22. The number of nitrogens with one attached hydrogen (secondary N) is 1. The van der Waals surface area contributed by atoms with E-state index in [9.17, 15) is 4.79 Å². The molecule has 2 fully saturated rings. The van der Waals surface area contributed by atoms with E-state index >= 15 is 0 Å². The predicted molar refractivity (Wildman–Crippen MR) is 79.0 cm³/mol. The molecule has 0 aliphatic carbocycles. The van der Waals surface area contributed by atoms with Crippen LogP contribution in [0.25, 0.3) is 5.65 Å². The van der Waals surface area contributed by atoms with Gasteiger partial charge in [0.2, 0.25) is 0 Å². The van der Waals surface area contributed by atoms with Gasteiger partial charge >= 0.3 is 6.03 Å². The molecule has 2 aliphatic rings. The summed E-state index contributed by atoms with van der Waals surface area (Å²) in [5.74, 6) is 0. The minimum absolute atomic E-state index is 0.0589. The number of carbonyl (C=O) groups excluding carboxylic acids is 1. The summed E-state index contributed by atoms with van der Waals surface area (Å²) < 4.78 is 2.13. The number of amides is 2. The highest BCUT2D eigenvalue weighted by molar-refractivity contribution is 5.77. The van der Waals surface area contributed by atoms with Gasteiger partial charge in [0.25, 0.3) is 0 Å². The first-order valence-electron chi connectivity index (χ1n) is 7.39. The fourth-order valence-electron chi connectivity index (χ4n) is 3.53. The molecule has 2 saturated heterocycles. The van der Waals surface area contributed by atoms with E-state index in [0.717, 1.165) is 31.7 Å². The number of piperidine rings is 1. The van der Waals surface area contributed by atoms with E-state index in [1.807, 2.05) is 30.4 Å². The van der Waals surface area contributed by atoms with Crippen molar-refractivity contribution in [3.8, 4) is 0 Å². The first-order chi connectivity index (χ1) is 10.2. The summed E-state index contributed by atoms with van der Waals surface area (Å²) >= 11 is 0. The Balaban J connectivity index is 1.51. The van der Waals surface area contributed by atoms with E-state index in [2.05, 4.69) is 31.7 Å². The summed E-state index contributed by atoms with van der Waals surface area (Å²) in [5, 5.41) is 3.08. The zero-order valence-electron chi connectivity index (χ0n) is 12.1. The fourth-order valence-corrected chi connectivity index (χ4v) is 3.53. The maximum atomic E-state index is 11.7. The van der Waals surface area contributed by atoms with Gasteiger partial charge < -0.3 is 14.6 Å². The number of hydrogen-bond acceptors (Lipinski definition) is 3. The van der Waals surface area contributed by atoms with Crippen LogP contribution in [0.3, 0.4) is 0 Å². The quantitative estimate of drug-likeness (QED) is 0.893. The van der Waals surface area contributed by atoms with Crippen LogP contribution >= 0.6 is 0 Å². The molecule has 0 aromatic carbocycles. The molecule has 0 bridgehead atoms. The molecule has 0 radical (unpaired) electrons. The standard InChI is InChI=1S/C15H19N5O/c1-18-13-5-7-19(10-12(13)17-15(18)21)9-11-3-2-4-14-16-6-8-20(11)14/h2-4,6,8,12-13H,5,7,9-10H2,1H3,(H,17,21)/t12-,13+/m1/s1. The van der Waals surface area contributed by atoms with Crippen LogP contribution in [0.4, 0.5) is 4.79 Å². The average molecular weight is 285 g/mol. The van der Waals surface area contributed by atoms with E-state index in [1.54, 1.807) is 0 Å². The van der Waals surface area contributed by atoms with Crippen LogP contribution in [0.5, 0.6) is 0 Å². The van der Waals surface area contributed by atoms with Crippen LogP contribution in [0.2, 0.25) is 0 Å². The van der Waals surface area contributed by atoms with Gasteiger partial charge in [-0.25, -0.2) is 9.78 Å². The van der Waals surface area contributed by atoms with Crippen molar-refractivity contribution in [1.29, 1.82) is 0 Å². The lowest BCUT2D eigenvalue weighted by molar-refractivity contribution is 0.146. The largest absolute Gasteiger partial charge is 0.332 e. The second kappa shape index (κ2) is 4.73. The molecule has 0 spiro atoms. The molecular weight excluding hydrogens is 266 g/mol. The van der Waals surface area contributed by atoms with Crippen molar-refractivity contribution < 1.29 is 4.79 Å². The van der Waals surface area contributed by atoms with Gasteiger partial charge in [-0.05, 0) is 18.6 Å². The molecule has 2 atom stereocenters. The Labute approximate surface area is 123 Å². The first kappa shape index (κ1) is 12.6. The van der Waals surface area contributed by atoms with E-state index in [4.69, 9.17) is 0 Å². The SMILES string of the molecule is CN1C(=O)N[C@@H]2CN(Cc3cccc4nccn34)CC[C@@H]21. The molecule has 2 aliphatic heterocycles. The number of urea groups is 1. The molecular formula is C15H19N5O. The highest BCUT2D eigenvalue weighted by Gasteiger charge is 2.40. The Morgan fingerprint density at radius 2 is 2.33 bits per heavy atom. The maximum Gasteiger partial charge on any atom is 0.317 e. The number of fused-ring (bicyclic) bond motifs is 2. The summed E-state index contributed by atoms with van der Waals surface area (Å²) in [5.41, 5.74) is 2.22. The number of nitrogens with zero attached hydrogens (tertiary/aromatic N) is 4. The van der Waals surface area contributed by atoms with Crippen LogP contribution in [-0.2, 0) is 6.54 Å². The summed E-state index contributed by atoms with van der Waals surface area (Å²) in [6.45, 7) is 2.81. The summed E-state index contributed by atoms with van der Waals surface area (Å²) in [6.07, 6.45) is 4.86. The minimum atomic E-state index is 0.0589. The predicted octanol–water partition coefficient (Wildman–Crippen LogP) is 0.932. The number of hydrogen-bond donors (Lipinski definition) is 1. The summed E-state index contributed by atoms with van der Waals surface area (Å²) in [7, 11) is 1.89. The summed E-state index contributed by atoms with van der Waals surface area (Å²) in [6, 6.07) is 6.86. The minimum Gasteiger partial charge on any atom is -0.332 e. The van der Waals surface area contributed by atoms with Crippen molar-refractivity contribution in [2.45, 2.75) is 25.0 Å². The van der Waals surface area contributed by atoms with E-state index in [-0.39, 0.29) is 12.1 Å². The van der Waals surface area contributed by atoms with Gasteiger partial charge in [-0.2, -0.15) is 0 Å². The van der Waals surface area contributed by atoms with Crippen LogP contribution in [0, 0.1) is 0 Å². The van der Waals surface area contributed by atoms with Crippen LogP contribution in [0.15, 0.2) is 30.6 Å². The molecule has 0 saturated carbocycles. The van der Waals surface area contributed by atoms with Crippen molar-refractivity contribution in [2.24, 2.45) is 0 Å². The Kier molecular flexibility index (Phi) is 2.85. The first-order valence-corrected chi connectivity index (χ1v) is 7.39. The molecule has 21 heavy (non-hydrogen) atoms. The lowest BCUT2D eigenvalue weighted by Gasteiger charge is -2.35. The molecule has 2 amide bonds. The van der Waals surface area contributed by atoms with Crippen LogP contribution in [0.1, 0.15) is 12.1 Å². The third kappa shape index (κ3) is 2.06. The monoisotopic (exact) mass is 285 g/mol. The van der Waals surface area contributed by atoms with E-state index in [1.165, 1.54) is 5.69 Å². The van der Waals surface area contributed by atoms with Gasteiger partial charge in [0.15, 0.2) is 0 Å². The Morgan fingerprint density at radius 3 is 3.24 bits per heavy atom. The second-order valence-corrected chi connectivity index (χ2v) is 5.93. The van der Waals surface area contributed by atoms with Crippen molar-refractivity contribution in [1.82, 2.24) is 24.5 Å². The molecule has 6 nitrogen and oxygen atoms in total. The number of likely N-dealkylation sites (tertiary alicyclic amines) is 1. The zero-order valence-corrected chi connectivity index (χ0v) is 12.1. The number of carbonyl (C=O) groups is 1. The molecule has 0 unspecified atom stereocenters. The number of aromatic nitrogens is 2. The van der Waals surface area contributed by atoms with Gasteiger partial charge in [-0.15, -0.1) is 0 Å². The van der Waals surface area contributed by atoms with Gasteiger partial charge in [0.1, 0.15) is 5.65 Å². The summed E-state index contributed by atoms with van der Waals surface area (Å²) in [4.78, 5) is 20.3. The number of likely N-dealkylation sites (N-methyl/N-ethyl adjacent to an activating group) is 1. The molecule has 110 valence electrons. The van der Waals surface area contributed by atoms with E-state index < -0.39 is 0 Å². The van der Waals surface area contributed by atoms with E-state index in [0.29, 0.717) is 6.04 Å². The molecule has 2 aromatic heterocycles. The van der Waals surface area contributed by atoms with Crippen LogP contribution < -0.4 is 5.32 Å². The smallest absolute Gasteiger partial charge is 0.317 e. The van der Waals surface area contributed by atoms with Crippen molar-refractivity contribution >= 4 is 11.7 Å². The van der Waals surface area contributed by atoms with Crippen molar-refractivity contribution in [3.63, 3.8) is 0 Å². The Morgan fingerprint density at radius 1 is 1.43 bits per heavy atom. The lowest BCUT2D eigenvalue weighted by atomic mass is 10.00. The number of pyridine rings is 1.